The molecule has 0 aliphatic heterocycles. The Morgan fingerprint density at radius 3 is 1.25 bits per heavy atom. The van der Waals surface area contributed by atoms with Gasteiger partial charge in [0, 0.05) is 0 Å². The van der Waals surface area contributed by atoms with Crippen LogP contribution in [0.4, 0.5) is 0 Å². The van der Waals surface area contributed by atoms with Gasteiger partial charge in [0.1, 0.15) is 0 Å². The van der Waals surface area contributed by atoms with E-state index in [1.807, 2.05) is 12.2 Å². The quantitative estimate of drug-likeness (QED) is 0.604. The Kier molecular flexibility index (Phi) is 0.880. The van der Waals surface area contributed by atoms with Crippen molar-refractivity contribution in [2.45, 2.75) is 0 Å². The molecule has 6 aliphatic carbocycles. The first-order valence-electron chi connectivity index (χ1n) is 6.13. The fourth-order valence-corrected chi connectivity index (χ4v) is 6.75. The second kappa shape index (κ2) is 1.80. The predicted octanol–water partition coefficient (Wildman–Crippen LogP) is 2.10. The Hall–Kier alpha value is -1.40. The summed E-state index contributed by atoms with van der Waals surface area (Å²) in [6, 6.07) is 0. The lowest BCUT2D eigenvalue weighted by Crippen LogP contribution is -3.08. The van der Waals surface area contributed by atoms with Crippen LogP contribution in [0.15, 0.2) is 24.3 Å². The highest BCUT2D eigenvalue weighted by atomic mass is 15.1. The SMILES string of the molecule is C#C/C=C\C12C3C4C1C1C2C3C41/C=C\C#C. The van der Waals surface area contributed by atoms with E-state index < -0.39 is 0 Å². The van der Waals surface area contributed by atoms with E-state index in [-0.39, 0.29) is 0 Å². The van der Waals surface area contributed by atoms with Crippen molar-refractivity contribution in [1.82, 2.24) is 0 Å². The third-order valence-electron chi connectivity index (χ3n) is 6.72. The summed E-state index contributed by atoms with van der Waals surface area (Å²) in [5, 5.41) is 0. The molecule has 0 atom stereocenters. The first-order chi connectivity index (χ1) is 7.85. The molecule has 0 amide bonds. The van der Waals surface area contributed by atoms with Crippen LogP contribution in [-0.4, -0.2) is 0 Å². The monoisotopic (exact) mass is 204 g/mol. The zero-order chi connectivity index (χ0) is 10.7. The van der Waals surface area contributed by atoms with Crippen LogP contribution in [0, 0.1) is 71.0 Å². The van der Waals surface area contributed by atoms with E-state index in [1.54, 1.807) is 0 Å². The molecule has 6 fully saturated rings. The molecule has 16 heavy (non-hydrogen) atoms. The molecule has 0 aromatic rings. The van der Waals surface area contributed by atoms with Gasteiger partial charge in [0.05, 0.1) is 0 Å². The minimum absolute atomic E-state index is 0.581. The van der Waals surface area contributed by atoms with Crippen LogP contribution >= 0.6 is 0 Å². The van der Waals surface area contributed by atoms with Crippen LogP contribution in [0.5, 0.6) is 0 Å². The molecule has 0 saturated heterocycles. The molecule has 0 heteroatoms. The molecule has 0 nitrogen and oxygen atoms in total. The first-order valence-corrected chi connectivity index (χ1v) is 6.13. The molecule has 0 aromatic heterocycles. The summed E-state index contributed by atoms with van der Waals surface area (Å²) in [4.78, 5) is 0. The zero-order valence-electron chi connectivity index (χ0n) is 8.93. The smallest absolute Gasteiger partial charge is 0.000573 e. The molecule has 0 radical (unpaired) electrons. The minimum atomic E-state index is 0.581. The summed E-state index contributed by atoms with van der Waals surface area (Å²) in [6.07, 6.45) is 19.2. The summed E-state index contributed by atoms with van der Waals surface area (Å²) in [5.41, 5.74) is 1.16. The molecular weight excluding hydrogens is 192 g/mol. The lowest BCUT2D eigenvalue weighted by atomic mass is 8.92. The van der Waals surface area contributed by atoms with Crippen molar-refractivity contribution in [2.24, 2.45) is 46.3 Å². The molecule has 0 bridgehead atoms. The van der Waals surface area contributed by atoms with E-state index in [0.29, 0.717) is 10.8 Å². The number of hydrogen-bond acceptors (Lipinski definition) is 0. The van der Waals surface area contributed by atoms with Crippen molar-refractivity contribution in [2.75, 3.05) is 0 Å². The van der Waals surface area contributed by atoms with E-state index in [2.05, 4.69) is 24.0 Å². The molecule has 0 unspecified atom stereocenters. The molecule has 0 aromatic carbocycles. The second-order valence-corrected chi connectivity index (χ2v) is 6.15. The Bertz CT molecular complexity index is 454. The van der Waals surface area contributed by atoms with E-state index in [9.17, 15) is 0 Å². The third kappa shape index (κ3) is 0.360. The van der Waals surface area contributed by atoms with Crippen molar-refractivity contribution in [3.05, 3.63) is 24.3 Å². The summed E-state index contributed by atoms with van der Waals surface area (Å²) in [7, 11) is 0. The Morgan fingerprint density at radius 1 is 0.688 bits per heavy atom. The van der Waals surface area contributed by atoms with Crippen LogP contribution < -0.4 is 0 Å². The molecule has 76 valence electrons. The van der Waals surface area contributed by atoms with E-state index in [1.165, 1.54) is 0 Å². The van der Waals surface area contributed by atoms with Gasteiger partial charge < -0.3 is 0 Å². The summed E-state index contributed by atoms with van der Waals surface area (Å²) >= 11 is 0. The maximum atomic E-state index is 5.32. The fourth-order valence-electron chi connectivity index (χ4n) is 6.75. The maximum Gasteiger partial charge on any atom is -0.000573 e. The molecular formula is C16H12. The van der Waals surface area contributed by atoms with Crippen molar-refractivity contribution >= 4 is 0 Å². The largest absolute Gasteiger partial charge is 0.115 e. The Morgan fingerprint density at radius 2 is 1.00 bits per heavy atom. The van der Waals surface area contributed by atoms with Crippen LogP contribution in [0.2, 0.25) is 0 Å². The van der Waals surface area contributed by atoms with Gasteiger partial charge >= 0.3 is 0 Å². The van der Waals surface area contributed by atoms with Gasteiger partial charge in [-0.25, -0.2) is 0 Å². The average Bonchev–Trinajstić information content (AvgIpc) is 2.34. The summed E-state index contributed by atoms with van der Waals surface area (Å²) in [6.45, 7) is 0. The van der Waals surface area contributed by atoms with Crippen LogP contribution in [0.25, 0.3) is 0 Å². The van der Waals surface area contributed by atoms with E-state index in [4.69, 9.17) is 12.8 Å². The van der Waals surface area contributed by atoms with Crippen LogP contribution in [0.1, 0.15) is 0 Å². The van der Waals surface area contributed by atoms with Gasteiger partial charge in [-0.1, -0.05) is 24.0 Å². The molecule has 6 aliphatic rings. The number of hydrogen-bond donors (Lipinski definition) is 0. The van der Waals surface area contributed by atoms with Crippen molar-refractivity contribution in [3.63, 3.8) is 0 Å². The third-order valence-corrected chi connectivity index (χ3v) is 6.72. The van der Waals surface area contributed by atoms with Crippen LogP contribution in [0.3, 0.4) is 0 Å². The Balaban J connectivity index is 1.51. The highest BCUT2D eigenvalue weighted by Crippen LogP contribution is 3.10. The zero-order valence-corrected chi connectivity index (χ0v) is 8.93. The summed E-state index contributed by atoms with van der Waals surface area (Å²) in [5.74, 6) is 11.1. The maximum absolute atomic E-state index is 5.32. The lowest BCUT2D eigenvalue weighted by Gasteiger charge is -3.11. The van der Waals surface area contributed by atoms with E-state index in [0.717, 1.165) is 35.5 Å². The second-order valence-electron chi connectivity index (χ2n) is 6.15. The predicted molar refractivity (Wildman–Crippen MR) is 61.8 cm³/mol. The standard InChI is InChI=1S/C16H12/c1-3-5-7-15-9-12-10(15)14-11(15)13(9)16(12,14)8-6-4-2/h1-2,5-14H/b7-5-,8-6-. The van der Waals surface area contributed by atoms with Gasteiger partial charge in [0.2, 0.25) is 0 Å². The number of allylic oxidation sites excluding steroid dienone is 4. The summed E-state index contributed by atoms with van der Waals surface area (Å²) < 4.78 is 0. The van der Waals surface area contributed by atoms with Crippen molar-refractivity contribution < 1.29 is 0 Å². The van der Waals surface area contributed by atoms with Gasteiger partial charge in [0.15, 0.2) is 0 Å². The van der Waals surface area contributed by atoms with Gasteiger partial charge in [0.25, 0.3) is 0 Å². The van der Waals surface area contributed by atoms with Crippen molar-refractivity contribution in [3.8, 4) is 24.7 Å². The van der Waals surface area contributed by atoms with Gasteiger partial charge in [-0.3, -0.25) is 0 Å². The topological polar surface area (TPSA) is 0 Å². The van der Waals surface area contributed by atoms with Gasteiger partial charge in [-0.15, -0.1) is 12.8 Å². The Labute approximate surface area is 95.8 Å². The molecule has 0 heterocycles. The minimum Gasteiger partial charge on any atom is -0.115 e. The van der Waals surface area contributed by atoms with E-state index >= 15 is 0 Å². The van der Waals surface area contributed by atoms with Crippen LogP contribution in [-0.2, 0) is 0 Å². The van der Waals surface area contributed by atoms with Gasteiger partial charge in [-0.05, 0) is 58.5 Å². The van der Waals surface area contributed by atoms with Crippen molar-refractivity contribution in [1.29, 1.82) is 0 Å². The molecule has 0 N–H and O–H groups in total. The highest BCUT2D eigenvalue weighted by Gasteiger charge is 3.08. The highest BCUT2D eigenvalue weighted by molar-refractivity contribution is 5.60. The molecule has 0 spiro atoms. The average molecular weight is 204 g/mol. The lowest BCUT2D eigenvalue weighted by molar-refractivity contribution is -0.630. The fraction of sp³-hybridized carbons (Fsp3) is 0.500. The number of rotatable bonds is 2. The molecule has 6 rings (SSSR count). The number of terminal acetylenes is 2. The van der Waals surface area contributed by atoms with Gasteiger partial charge in [-0.2, -0.15) is 0 Å². The molecule has 6 saturated carbocycles. The normalized spacial score (nSPS) is 69.1. The first kappa shape index (κ1) is 7.81.